The van der Waals surface area contributed by atoms with Gasteiger partial charge in [-0.2, -0.15) is 0 Å². The van der Waals surface area contributed by atoms with Crippen molar-refractivity contribution in [3.63, 3.8) is 0 Å². The zero-order chi connectivity index (χ0) is 22.5. The van der Waals surface area contributed by atoms with Crippen molar-refractivity contribution in [1.82, 2.24) is 10.3 Å². The van der Waals surface area contributed by atoms with E-state index in [9.17, 15) is 13.2 Å². The third-order valence-corrected chi connectivity index (χ3v) is 6.50. The molecule has 3 rings (SSSR count). The van der Waals surface area contributed by atoms with Crippen LogP contribution >= 0.6 is 0 Å². The quantitative estimate of drug-likeness (QED) is 0.586. The van der Waals surface area contributed by atoms with Gasteiger partial charge in [0.15, 0.2) is 9.84 Å². The van der Waals surface area contributed by atoms with Gasteiger partial charge in [-0.15, -0.1) is 0 Å². The summed E-state index contributed by atoms with van der Waals surface area (Å²) >= 11 is 0. The molecule has 2 N–H and O–H groups in total. The van der Waals surface area contributed by atoms with Crippen molar-refractivity contribution in [1.29, 1.82) is 0 Å². The number of benzene rings is 2. The molecule has 0 atom stereocenters. The molecule has 0 saturated carbocycles. The SMILES string of the molecule is CC(C)(C)c1ccccc1CS(=O)(=O)c1ccc(NC(=O)NCc2cccnc2)cc1. The Hall–Kier alpha value is -3.19. The Labute approximate surface area is 183 Å². The van der Waals surface area contributed by atoms with E-state index in [1.807, 2.05) is 30.3 Å². The molecule has 162 valence electrons. The first kappa shape index (κ1) is 22.5. The lowest BCUT2D eigenvalue weighted by Gasteiger charge is -2.22. The second-order valence-corrected chi connectivity index (χ2v) is 10.3. The molecule has 1 heterocycles. The molecule has 3 aromatic rings. The van der Waals surface area contributed by atoms with E-state index in [-0.39, 0.29) is 22.1 Å². The molecular weight excluding hydrogens is 410 g/mol. The third-order valence-electron chi connectivity index (χ3n) is 4.82. The van der Waals surface area contributed by atoms with Gasteiger partial charge in [0.1, 0.15) is 0 Å². The van der Waals surface area contributed by atoms with Crippen LogP contribution in [0.5, 0.6) is 0 Å². The highest BCUT2D eigenvalue weighted by atomic mass is 32.2. The Morgan fingerprint density at radius 2 is 1.68 bits per heavy atom. The van der Waals surface area contributed by atoms with Gasteiger partial charge in [-0.1, -0.05) is 51.1 Å². The van der Waals surface area contributed by atoms with Gasteiger partial charge in [0.25, 0.3) is 0 Å². The predicted molar refractivity (Wildman–Crippen MR) is 123 cm³/mol. The van der Waals surface area contributed by atoms with Gasteiger partial charge in [-0.3, -0.25) is 4.98 Å². The fourth-order valence-corrected chi connectivity index (χ4v) is 4.65. The van der Waals surface area contributed by atoms with Crippen molar-refractivity contribution in [2.75, 3.05) is 5.32 Å². The summed E-state index contributed by atoms with van der Waals surface area (Å²) in [5.74, 6) is -0.0706. The number of urea groups is 1. The average Bonchev–Trinajstić information content (AvgIpc) is 2.73. The number of anilines is 1. The molecule has 31 heavy (non-hydrogen) atoms. The van der Waals surface area contributed by atoms with Crippen LogP contribution in [0.3, 0.4) is 0 Å². The molecule has 0 unspecified atom stereocenters. The molecule has 0 bridgehead atoms. The van der Waals surface area contributed by atoms with Crippen molar-refractivity contribution in [2.24, 2.45) is 0 Å². The summed E-state index contributed by atoms with van der Waals surface area (Å²) in [6.45, 7) is 6.55. The normalized spacial score (nSPS) is 11.7. The van der Waals surface area contributed by atoms with E-state index < -0.39 is 9.84 Å². The Morgan fingerprint density at radius 3 is 2.32 bits per heavy atom. The minimum atomic E-state index is -3.52. The Morgan fingerprint density at radius 1 is 0.968 bits per heavy atom. The van der Waals surface area contributed by atoms with Crippen LogP contribution in [-0.4, -0.2) is 19.4 Å². The molecule has 0 aliphatic carbocycles. The molecule has 2 amide bonds. The second-order valence-electron chi connectivity index (χ2n) is 8.36. The summed E-state index contributed by atoms with van der Waals surface area (Å²) < 4.78 is 25.9. The summed E-state index contributed by atoms with van der Waals surface area (Å²) in [5.41, 5.74) is 3.06. The van der Waals surface area contributed by atoms with E-state index in [0.717, 1.165) is 16.7 Å². The summed E-state index contributed by atoms with van der Waals surface area (Å²) in [7, 11) is -3.52. The molecular formula is C24H27N3O3S. The number of carbonyl (C=O) groups is 1. The van der Waals surface area contributed by atoms with Gasteiger partial charge in [-0.25, -0.2) is 13.2 Å². The molecule has 2 aromatic carbocycles. The van der Waals surface area contributed by atoms with Crippen LogP contribution in [0.4, 0.5) is 10.5 Å². The molecule has 0 aliphatic rings. The molecule has 0 aliphatic heterocycles. The number of hydrogen-bond donors (Lipinski definition) is 2. The zero-order valence-electron chi connectivity index (χ0n) is 17.9. The van der Waals surface area contributed by atoms with Gasteiger partial charge in [0.2, 0.25) is 0 Å². The number of hydrogen-bond acceptors (Lipinski definition) is 4. The number of nitrogens with zero attached hydrogens (tertiary/aromatic N) is 1. The number of pyridine rings is 1. The number of rotatable bonds is 6. The van der Waals surface area contributed by atoms with Crippen molar-refractivity contribution in [2.45, 2.75) is 43.4 Å². The number of nitrogens with one attached hydrogen (secondary N) is 2. The zero-order valence-corrected chi connectivity index (χ0v) is 18.7. The topological polar surface area (TPSA) is 88.2 Å². The Balaban J connectivity index is 1.66. The fraction of sp³-hybridized carbons (Fsp3) is 0.250. The van der Waals surface area contributed by atoms with E-state index in [4.69, 9.17) is 0 Å². The van der Waals surface area contributed by atoms with E-state index in [1.165, 1.54) is 12.1 Å². The monoisotopic (exact) mass is 437 g/mol. The first-order valence-electron chi connectivity index (χ1n) is 10.0. The number of sulfone groups is 1. The highest BCUT2D eigenvalue weighted by molar-refractivity contribution is 7.90. The summed E-state index contributed by atoms with van der Waals surface area (Å²) in [6.07, 6.45) is 3.35. The second kappa shape index (κ2) is 9.31. The van der Waals surface area contributed by atoms with Crippen LogP contribution in [-0.2, 0) is 27.5 Å². The molecule has 7 heteroatoms. The standard InChI is InChI=1S/C24H27N3O3S/c1-24(2,3)22-9-5-4-8-19(22)17-31(29,30)21-12-10-20(11-13-21)27-23(28)26-16-18-7-6-14-25-15-18/h4-15H,16-17H2,1-3H3,(H2,26,27,28). The maximum Gasteiger partial charge on any atom is 0.319 e. The van der Waals surface area contributed by atoms with Crippen molar-refractivity contribution in [3.05, 3.63) is 89.7 Å². The maximum absolute atomic E-state index is 13.0. The lowest BCUT2D eigenvalue weighted by Crippen LogP contribution is -2.28. The van der Waals surface area contributed by atoms with E-state index in [1.54, 1.807) is 30.6 Å². The molecule has 0 saturated heterocycles. The van der Waals surface area contributed by atoms with Gasteiger partial charge in [-0.05, 0) is 52.4 Å². The lowest BCUT2D eigenvalue weighted by molar-refractivity contribution is 0.251. The number of aromatic nitrogens is 1. The highest BCUT2D eigenvalue weighted by Crippen LogP contribution is 2.28. The molecule has 0 spiro atoms. The maximum atomic E-state index is 13.0. The van der Waals surface area contributed by atoms with Crippen LogP contribution < -0.4 is 10.6 Å². The van der Waals surface area contributed by atoms with Crippen LogP contribution in [0.2, 0.25) is 0 Å². The first-order chi connectivity index (χ1) is 14.6. The van der Waals surface area contributed by atoms with Crippen molar-refractivity contribution < 1.29 is 13.2 Å². The summed E-state index contributed by atoms with van der Waals surface area (Å²) in [4.78, 5) is 16.3. The largest absolute Gasteiger partial charge is 0.334 e. The number of amides is 2. The predicted octanol–water partition coefficient (Wildman–Crippen LogP) is 4.67. The Bertz CT molecular complexity index is 1140. The van der Waals surface area contributed by atoms with Gasteiger partial charge < -0.3 is 10.6 Å². The van der Waals surface area contributed by atoms with E-state index in [2.05, 4.69) is 36.4 Å². The molecule has 0 radical (unpaired) electrons. The Kier molecular flexibility index (Phi) is 6.75. The molecule has 1 aromatic heterocycles. The van der Waals surface area contributed by atoms with Crippen LogP contribution in [0.15, 0.2) is 78.0 Å². The lowest BCUT2D eigenvalue weighted by atomic mass is 9.84. The smallest absolute Gasteiger partial charge is 0.319 e. The van der Waals surface area contributed by atoms with Crippen LogP contribution in [0.1, 0.15) is 37.5 Å². The fourth-order valence-electron chi connectivity index (χ4n) is 3.27. The van der Waals surface area contributed by atoms with E-state index >= 15 is 0 Å². The third kappa shape index (κ3) is 6.15. The van der Waals surface area contributed by atoms with Gasteiger partial charge >= 0.3 is 6.03 Å². The van der Waals surface area contributed by atoms with Gasteiger partial charge in [0, 0.05) is 24.6 Å². The van der Waals surface area contributed by atoms with Crippen molar-refractivity contribution in [3.8, 4) is 0 Å². The molecule has 0 fully saturated rings. The van der Waals surface area contributed by atoms with Crippen molar-refractivity contribution >= 4 is 21.6 Å². The average molecular weight is 438 g/mol. The summed E-state index contributed by atoms with van der Waals surface area (Å²) in [5, 5.41) is 5.44. The first-order valence-corrected chi connectivity index (χ1v) is 11.7. The van der Waals surface area contributed by atoms with E-state index in [0.29, 0.717) is 12.2 Å². The number of carbonyl (C=O) groups excluding carboxylic acids is 1. The van der Waals surface area contributed by atoms with Crippen LogP contribution in [0, 0.1) is 0 Å². The molecule has 6 nitrogen and oxygen atoms in total. The van der Waals surface area contributed by atoms with Crippen LogP contribution in [0.25, 0.3) is 0 Å². The highest BCUT2D eigenvalue weighted by Gasteiger charge is 2.22. The minimum Gasteiger partial charge on any atom is -0.334 e. The summed E-state index contributed by atoms with van der Waals surface area (Å²) in [6, 6.07) is 17.1. The van der Waals surface area contributed by atoms with Gasteiger partial charge in [0.05, 0.1) is 10.6 Å². The minimum absolute atomic E-state index is 0.0706.